The second-order valence-electron chi connectivity index (χ2n) is 9.67. The molecule has 4 heteroatoms. The third kappa shape index (κ3) is 14.6. The third-order valence-electron chi connectivity index (χ3n) is 6.08. The van der Waals surface area contributed by atoms with Crippen molar-refractivity contribution < 1.29 is 0 Å². The molecule has 0 spiro atoms. The van der Waals surface area contributed by atoms with E-state index >= 15 is 0 Å². The van der Waals surface area contributed by atoms with E-state index in [9.17, 15) is 0 Å². The molecule has 1 heterocycles. The van der Waals surface area contributed by atoms with Crippen LogP contribution >= 0.6 is 0 Å². The summed E-state index contributed by atoms with van der Waals surface area (Å²) in [5.74, 6) is 0. The molecule has 0 fully saturated rings. The molecule has 2 N–H and O–H groups in total. The fourth-order valence-electron chi connectivity index (χ4n) is 3.62. The number of nitrogens with zero attached hydrogens (tertiary/aromatic N) is 3. The van der Waals surface area contributed by atoms with E-state index in [1.54, 1.807) is 0 Å². The first kappa shape index (κ1) is 35.9. The van der Waals surface area contributed by atoms with Crippen LogP contribution in [0, 0.1) is 6.92 Å². The average molecular weight is 533 g/mol. The lowest BCUT2D eigenvalue weighted by molar-refractivity contribution is 0.402. The van der Waals surface area contributed by atoms with Gasteiger partial charge >= 0.3 is 0 Å². The zero-order valence-electron chi connectivity index (χ0n) is 26.3. The minimum absolute atomic E-state index is 0.710. The monoisotopic (exact) mass is 532 g/mol. The van der Waals surface area contributed by atoms with Gasteiger partial charge in [-0.2, -0.15) is 0 Å². The van der Waals surface area contributed by atoms with E-state index in [1.165, 1.54) is 30.4 Å². The van der Waals surface area contributed by atoms with E-state index in [2.05, 4.69) is 112 Å². The summed E-state index contributed by atoms with van der Waals surface area (Å²) in [7, 11) is 2.10. The molecule has 2 rings (SSSR count). The Labute approximate surface area is 241 Å². The predicted octanol–water partition coefficient (Wildman–Crippen LogP) is 9.05. The van der Waals surface area contributed by atoms with Gasteiger partial charge in [0, 0.05) is 37.7 Å². The number of likely N-dealkylation sites (N-methyl/N-ethyl adjacent to an activating group) is 1. The van der Waals surface area contributed by atoms with Gasteiger partial charge in [0.05, 0.1) is 11.4 Å². The number of hydrogen-bond donors (Lipinski definition) is 1. The summed E-state index contributed by atoms with van der Waals surface area (Å²) < 4.78 is 0. The Morgan fingerprint density at radius 1 is 1.10 bits per heavy atom. The smallest absolute Gasteiger partial charge is 0.0717 e. The number of aliphatic imine (C=N–C) groups is 1. The van der Waals surface area contributed by atoms with Crippen molar-refractivity contribution >= 4 is 11.4 Å². The summed E-state index contributed by atoms with van der Waals surface area (Å²) in [4.78, 5) is 8.98. The van der Waals surface area contributed by atoms with Crippen molar-refractivity contribution in [1.29, 1.82) is 0 Å². The number of benzene rings is 1. The first-order valence-electron chi connectivity index (χ1n) is 14.7. The number of hydrogen-bond acceptors (Lipinski definition) is 4. The summed E-state index contributed by atoms with van der Waals surface area (Å²) in [5.41, 5.74) is 13.8. The molecular weight excluding hydrogens is 476 g/mol. The second-order valence-corrected chi connectivity index (χ2v) is 9.67. The summed E-state index contributed by atoms with van der Waals surface area (Å²) in [6.45, 7) is 25.3. The first-order valence-corrected chi connectivity index (χ1v) is 14.7. The Hall–Kier alpha value is -3.11. The molecule has 216 valence electrons. The molecule has 0 saturated heterocycles. The number of nitrogens with two attached hydrogens (primary N) is 1. The predicted molar refractivity (Wildman–Crippen MR) is 177 cm³/mol. The normalized spacial score (nSPS) is 13.7. The maximum absolute atomic E-state index is 6.71. The largest absolute Gasteiger partial charge is 0.397 e. The summed E-state index contributed by atoms with van der Waals surface area (Å²) in [5, 5.41) is 0. The van der Waals surface area contributed by atoms with Gasteiger partial charge in [-0.15, -0.1) is 6.58 Å². The van der Waals surface area contributed by atoms with Crippen LogP contribution in [0.4, 0.5) is 0 Å². The highest BCUT2D eigenvalue weighted by molar-refractivity contribution is 5.82. The van der Waals surface area contributed by atoms with Crippen molar-refractivity contribution in [3.63, 3.8) is 0 Å². The first-order chi connectivity index (χ1) is 18.8. The molecule has 0 aromatic heterocycles. The number of rotatable bonds is 13. The van der Waals surface area contributed by atoms with Gasteiger partial charge in [0.1, 0.15) is 0 Å². The molecule has 1 aliphatic heterocycles. The highest BCUT2D eigenvalue weighted by Gasteiger charge is 2.17. The second kappa shape index (κ2) is 21.8. The van der Waals surface area contributed by atoms with Gasteiger partial charge in [0.25, 0.3) is 0 Å². The summed E-state index contributed by atoms with van der Waals surface area (Å²) in [6, 6.07) is 8.29. The number of allylic oxidation sites excluding steroid dienone is 1. The van der Waals surface area contributed by atoms with Crippen molar-refractivity contribution in [3.8, 4) is 0 Å². The zero-order valence-corrected chi connectivity index (χ0v) is 26.3. The Balaban J connectivity index is 0.00000220. The Bertz CT molecular complexity index is 988. The fraction of sp³-hybridized carbons (Fsp3) is 0.457. The Morgan fingerprint density at radius 3 is 2.26 bits per heavy atom. The maximum Gasteiger partial charge on any atom is 0.0717 e. The van der Waals surface area contributed by atoms with Crippen molar-refractivity contribution in [2.24, 2.45) is 10.7 Å². The van der Waals surface area contributed by atoms with Gasteiger partial charge < -0.3 is 10.6 Å². The molecule has 4 nitrogen and oxygen atoms in total. The van der Waals surface area contributed by atoms with Crippen LogP contribution in [0.5, 0.6) is 0 Å². The SMILES string of the molecule is C=CCN(C)CC1=CCN(/C(C(=C)/C=C\N=C(C)CCCC)=C(\N)c2ccc(C)cc2)C=C1.CC.CCCC. The molecule has 0 bridgehead atoms. The third-order valence-corrected chi connectivity index (χ3v) is 6.08. The molecule has 0 radical (unpaired) electrons. The average Bonchev–Trinajstić information content (AvgIpc) is 2.94. The topological polar surface area (TPSA) is 44.9 Å². The van der Waals surface area contributed by atoms with Crippen LogP contribution in [0.2, 0.25) is 0 Å². The van der Waals surface area contributed by atoms with Gasteiger partial charge in [0.2, 0.25) is 0 Å². The molecule has 1 aromatic carbocycles. The van der Waals surface area contributed by atoms with E-state index in [1.807, 2.05) is 32.2 Å². The minimum atomic E-state index is 0.710. The van der Waals surface area contributed by atoms with Crippen molar-refractivity contribution in [2.45, 2.75) is 80.6 Å². The standard InChI is InChI=1S/C29H40N4.C4H10.C2H6/c1-7-9-10-25(5)31-18-15-24(4)29(28(30)27-13-11-23(3)12-14-27)33-20-16-26(17-21-33)22-32(6)19-8-2;1-3-4-2;1-2/h8,11-18,20H,2,4,7,9-10,19,21-22,30H2,1,3,5-6H3;3-4H2,1-2H3;1-2H3/b18-15-,29-28-,31-25?;;. The molecule has 39 heavy (non-hydrogen) atoms. The Morgan fingerprint density at radius 2 is 1.74 bits per heavy atom. The van der Waals surface area contributed by atoms with Crippen LogP contribution < -0.4 is 5.73 Å². The van der Waals surface area contributed by atoms with E-state index in [0.29, 0.717) is 5.70 Å². The van der Waals surface area contributed by atoms with Crippen LogP contribution in [0.3, 0.4) is 0 Å². The Kier molecular flexibility index (Phi) is 20.0. The van der Waals surface area contributed by atoms with E-state index < -0.39 is 0 Å². The lowest BCUT2D eigenvalue weighted by atomic mass is 10.0. The zero-order chi connectivity index (χ0) is 29.6. The summed E-state index contributed by atoms with van der Waals surface area (Å²) >= 11 is 0. The highest BCUT2D eigenvalue weighted by Crippen LogP contribution is 2.26. The lowest BCUT2D eigenvalue weighted by Gasteiger charge is -2.28. The van der Waals surface area contributed by atoms with Crippen molar-refractivity contribution in [2.75, 3.05) is 26.7 Å². The molecule has 1 aromatic rings. The minimum Gasteiger partial charge on any atom is -0.397 e. The van der Waals surface area contributed by atoms with Crippen LogP contribution in [0.15, 0.2) is 96.0 Å². The van der Waals surface area contributed by atoms with Gasteiger partial charge in [-0.25, -0.2) is 0 Å². The molecule has 0 amide bonds. The van der Waals surface area contributed by atoms with Gasteiger partial charge in [-0.3, -0.25) is 9.89 Å². The number of unbranched alkanes of at least 4 members (excludes halogenated alkanes) is 2. The molecular formula is C35H56N4. The van der Waals surface area contributed by atoms with Crippen LogP contribution in [-0.2, 0) is 0 Å². The van der Waals surface area contributed by atoms with Gasteiger partial charge in [0.15, 0.2) is 0 Å². The molecule has 1 aliphatic rings. The summed E-state index contributed by atoms with van der Waals surface area (Å²) in [6.07, 6.45) is 18.2. The fourth-order valence-corrected chi connectivity index (χ4v) is 3.62. The quantitative estimate of drug-likeness (QED) is 0.157. The number of aryl methyl sites for hydroxylation is 1. The molecule has 0 aliphatic carbocycles. The van der Waals surface area contributed by atoms with Crippen LogP contribution in [0.1, 0.15) is 84.8 Å². The van der Waals surface area contributed by atoms with E-state index in [-0.39, 0.29) is 0 Å². The molecule has 0 unspecified atom stereocenters. The lowest BCUT2D eigenvalue weighted by Crippen LogP contribution is -2.26. The van der Waals surface area contributed by atoms with Gasteiger partial charge in [-0.1, -0.05) is 102 Å². The molecule has 0 saturated carbocycles. The maximum atomic E-state index is 6.71. The highest BCUT2D eigenvalue weighted by atomic mass is 15.1. The molecule has 0 atom stereocenters. The van der Waals surface area contributed by atoms with Crippen LogP contribution in [-0.4, -0.2) is 42.2 Å². The van der Waals surface area contributed by atoms with Crippen LogP contribution in [0.25, 0.3) is 5.70 Å². The van der Waals surface area contributed by atoms with E-state index in [4.69, 9.17) is 5.73 Å². The van der Waals surface area contributed by atoms with Crippen molar-refractivity contribution in [1.82, 2.24) is 9.80 Å². The van der Waals surface area contributed by atoms with Crippen molar-refractivity contribution in [3.05, 3.63) is 102 Å². The van der Waals surface area contributed by atoms with E-state index in [0.717, 1.165) is 55.0 Å². The van der Waals surface area contributed by atoms with Gasteiger partial charge in [-0.05, 0) is 62.6 Å².